The number of hydrogen-bond acceptors (Lipinski definition) is 2. The van der Waals surface area contributed by atoms with Crippen LogP contribution in [0.5, 0.6) is 5.75 Å². The van der Waals surface area contributed by atoms with E-state index in [-0.39, 0.29) is 11.3 Å². The Kier molecular flexibility index (Phi) is 4.20. The third kappa shape index (κ3) is 3.08. The van der Waals surface area contributed by atoms with Crippen LogP contribution >= 0.6 is 0 Å². The Morgan fingerprint density at radius 1 is 0.792 bits per heavy atom. The standard InChI is InChI=1S/C19H15F3O2/c20-19(21,22)18(23,16-8-2-1-3-9-16)13-24-17-11-10-14-6-4-5-7-15(14)12-17/h1-12,23H,13H2. The number of halogens is 3. The molecule has 124 valence electrons. The molecule has 0 spiro atoms. The van der Waals surface area contributed by atoms with Crippen molar-refractivity contribution in [3.05, 3.63) is 78.4 Å². The molecule has 0 aliphatic rings. The van der Waals surface area contributed by atoms with Crippen molar-refractivity contribution in [3.8, 4) is 5.75 Å². The van der Waals surface area contributed by atoms with Crippen LogP contribution in [0.4, 0.5) is 13.2 Å². The molecule has 1 atom stereocenters. The van der Waals surface area contributed by atoms with E-state index in [2.05, 4.69) is 0 Å². The number of alkyl halides is 3. The Morgan fingerprint density at radius 2 is 1.42 bits per heavy atom. The van der Waals surface area contributed by atoms with Crippen molar-refractivity contribution in [3.63, 3.8) is 0 Å². The second kappa shape index (κ2) is 6.17. The Hall–Kier alpha value is -2.53. The van der Waals surface area contributed by atoms with E-state index in [1.165, 1.54) is 24.3 Å². The Bertz CT molecular complexity index is 831. The van der Waals surface area contributed by atoms with E-state index in [0.29, 0.717) is 0 Å². The van der Waals surface area contributed by atoms with E-state index < -0.39 is 18.4 Å². The average Bonchev–Trinajstić information content (AvgIpc) is 2.59. The zero-order valence-electron chi connectivity index (χ0n) is 12.6. The maximum absolute atomic E-state index is 13.4. The highest BCUT2D eigenvalue weighted by Crippen LogP contribution is 2.39. The van der Waals surface area contributed by atoms with Gasteiger partial charge in [0.05, 0.1) is 0 Å². The molecule has 0 aromatic heterocycles. The molecule has 1 unspecified atom stereocenters. The molecule has 0 heterocycles. The van der Waals surface area contributed by atoms with Gasteiger partial charge >= 0.3 is 6.18 Å². The molecule has 1 N–H and O–H groups in total. The first-order valence-corrected chi connectivity index (χ1v) is 7.36. The number of fused-ring (bicyclic) bond motifs is 1. The molecule has 3 rings (SSSR count). The molecule has 5 heteroatoms. The maximum Gasteiger partial charge on any atom is 0.424 e. The van der Waals surface area contributed by atoms with Gasteiger partial charge in [-0.15, -0.1) is 0 Å². The van der Waals surface area contributed by atoms with Gasteiger partial charge in [-0.05, 0) is 28.5 Å². The first kappa shape index (κ1) is 16.3. The minimum atomic E-state index is -4.86. The van der Waals surface area contributed by atoms with Gasteiger partial charge in [0.15, 0.2) is 0 Å². The van der Waals surface area contributed by atoms with Gasteiger partial charge in [0, 0.05) is 0 Å². The zero-order valence-corrected chi connectivity index (χ0v) is 12.6. The summed E-state index contributed by atoms with van der Waals surface area (Å²) in [6.45, 7) is -0.918. The van der Waals surface area contributed by atoms with Crippen LogP contribution in [0.1, 0.15) is 5.56 Å². The van der Waals surface area contributed by atoms with Crippen LogP contribution in [0.3, 0.4) is 0 Å². The zero-order chi connectivity index (χ0) is 17.2. The highest BCUT2D eigenvalue weighted by Gasteiger charge is 2.55. The quantitative estimate of drug-likeness (QED) is 0.752. The largest absolute Gasteiger partial charge is 0.490 e. The average molecular weight is 332 g/mol. The third-order valence-corrected chi connectivity index (χ3v) is 3.89. The molecule has 24 heavy (non-hydrogen) atoms. The predicted octanol–water partition coefficient (Wildman–Crippen LogP) is 4.67. The fourth-order valence-electron chi connectivity index (χ4n) is 2.49. The summed E-state index contributed by atoms with van der Waals surface area (Å²) in [5.41, 5.74) is -3.32. The molecule has 2 nitrogen and oxygen atoms in total. The lowest BCUT2D eigenvalue weighted by atomic mass is 9.94. The maximum atomic E-state index is 13.4. The van der Waals surface area contributed by atoms with Gasteiger partial charge in [-0.25, -0.2) is 0 Å². The van der Waals surface area contributed by atoms with E-state index in [0.717, 1.165) is 10.8 Å². The minimum Gasteiger partial charge on any atom is -0.490 e. The summed E-state index contributed by atoms with van der Waals surface area (Å²) >= 11 is 0. The van der Waals surface area contributed by atoms with Crippen LogP contribution in [0.2, 0.25) is 0 Å². The fraction of sp³-hybridized carbons (Fsp3) is 0.158. The van der Waals surface area contributed by atoms with E-state index in [1.54, 1.807) is 24.3 Å². The van der Waals surface area contributed by atoms with Crippen molar-refractivity contribution in [1.29, 1.82) is 0 Å². The van der Waals surface area contributed by atoms with E-state index in [1.807, 2.05) is 24.3 Å². The second-order valence-electron chi connectivity index (χ2n) is 5.52. The molecular weight excluding hydrogens is 317 g/mol. The highest BCUT2D eigenvalue weighted by atomic mass is 19.4. The van der Waals surface area contributed by atoms with Crippen molar-refractivity contribution in [1.82, 2.24) is 0 Å². The summed E-state index contributed by atoms with van der Waals surface area (Å²) in [6.07, 6.45) is -4.86. The number of aliphatic hydroxyl groups is 1. The lowest BCUT2D eigenvalue weighted by Gasteiger charge is -2.30. The molecule has 0 amide bonds. The van der Waals surface area contributed by atoms with Crippen molar-refractivity contribution in [2.24, 2.45) is 0 Å². The van der Waals surface area contributed by atoms with Gasteiger partial charge in [0.1, 0.15) is 12.4 Å². The van der Waals surface area contributed by atoms with E-state index >= 15 is 0 Å². The number of rotatable bonds is 4. The summed E-state index contributed by atoms with van der Waals surface area (Å²) in [4.78, 5) is 0. The summed E-state index contributed by atoms with van der Waals surface area (Å²) < 4.78 is 45.5. The molecule has 0 saturated carbocycles. The molecule has 0 fully saturated rings. The molecule has 0 bridgehead atoms. The molecule has 0 radical (unpaired) electrons. The van der Waals surface area contributed by atoms with Gasteiger partial charge in [-0.3, -0.25) is 0 Å². The van der Waals surface area contributed by atoms with Crippen molar-refractivity contribution in [2.45, 2.75) is 11.8 Å². The fourth-order valence-corrected chi connectivity index (χ4v) is 2.49. The highest BCUT2D eigenvalue weighted by molar-refractivity contribution is 5.83. The summed E-state index contributed by atoms with van der Waals surface area (Å²) in [5, 5.41) is 12.1. The van der Waals surface area contributed by atoms with E-state index in [4.69, 9.17) is 4.74 Å². The van der Waals surface area contributed by atoms with Crippen molar-refractivity contribution < 1.29 is 23.0 Å². The topological polar surface area (TPSA) is 29.5 Å². The number of benzene rings is 3. The SMILES string of the molecule is OC(COc1ccc2ccccc2c1)(c1ccccc1)C(F)(F)F. The summed E-state index contributed by atoms with van der Waals surface area (Å²) in [5.74, 6) is 0.271. The first-order chi connectivity index (χ1) is 11.4. The molecule has 0 saturated heterocycles. The summed E-state index contributed by atoms with van der Waals surface area (Å²) in [6, 6.07) is 19.4. The van der Waals surface area contributed by atoms with Gasteiger partial charge in [-0.1, -0.05) is 60.7 Å². The normalized spacial score (nSPS) is 14.3. The smallest absolute Gasteiger partial charge is 0.424 e. The van der Waals surface area contributed by atoms with Crippen LogP contribution in [-0.4, -0.2) is 17.9 Å². The van der Waals surface area contributed by atoms with Crippen LogP contribution in [0.15, 0.2) is 72.8 Å². The van der Waals surface area contributed by atoms with Gasteiger partial charge < -0.3 is 9.84 Å². The van der Waals surface area contributed by atoms with Crippen molar-refractivity contribution in [2.75, 3.05) is 6.61 Å². The molecular formula is C19H15F3O2. The Labute approximate surface area is 137 Å². The lowest BCUT2D eigenvalue weighted by molar-refractivity contribution is -0.275. The van der Waals surface area contributed by atoms with Gasteiger partial charge in [-0.2, -0.15) is 13.2 Å². The Balaban J connectivity index is 1.88. The molecule has 0 aliphatic carbocycles. The Morgan fingerprint density at radius 3 is 2.08 bits per heavy atom. The number of ether oxygens (including phenoxy) is 1. The molecule has 3 aromatic rings. The van der Waals surface area contributed by atoms with Crippen molar-refractivity contribution >= 4 is 10.8 Å². The third-order valence-electron chi connectivity index (χ3n) is 3.89. The van der Waals surface area contributed by atoms with Gasteiger partial charge in [0.25, 0.3) is 0 Å². The monoisotopic (exact) mass is 332 g/mol. The molecule has 0 aliphatic heterocycles. The summed E-state index contributed by atoms with van der Waals surface area (Å²) in [7, 11) is 0. The second-order valence-corrected chi connectivity index (χ2v) is 5.52. The lowest BCUT2D eigenvalue weighted by Crippen LogP contribution is -2.47. The van der Waals surface area contributed by atoms with Crippen LogP contribution < -0.4 is 4.74 Å². The predicted molar refractivity (Wildman–Crippen MR) is 85.8 cm³/mol. The van der Waals surface area contributed by atoms with Crippen LogP contribution in [0, 0.1) is 0 Å². The number of hydrogen-bond donors (Lipinski definition) is 1. The van der Waals surface area contributed by atoms with Crippen LogP contribution in [0.25, 0.3) is 10.8 Å². The van der Waals surface area contributed by atoms with Gasteiger partial charge in [0.2, 0.25) is 5.60 Å². The van der Waals surface area contributed by atoms with Crippen LogP contribution in [-0.2, 0) is 5.60 Å². The first-order valence-electron chi connectivity index (χ1n) is 7.36. The van der Waals surface area contributed by atoms with E-state index in [9.17, 15) is 18.3 Å². The minimum absolute atomic E-state index is 0.252. The molecule has 3 aromatic carbocycles.